The molecule has 141 heavy (non-hydrogen) atoms. The van der Waals surface area contributed by atoms with Crippen LogP contribution in [0.3, 0.4) is 0 Å². The molecular weight excluding hydrogens is 1910 g/mol. The van der Waals surface area contributed by atoms with Gasteiger partial charge in [-0.05, 0) is 235 Å². The number of pyridine rings is 4. The van der Waals surface area contributed by atoms with Crippen molar-refractivity contribution in [1.82, 2.24) is 79.9 Å². The Labute approximate surface area is 837 Å². The Hall–Kier alpha value is -10.4. The van der Waals surface area contributed by atoms with Crippen LogP contribution >= 0.6 is 45.3 Å². The van der Waals surface area contributed by atoms with Crippen LogP contribution in [0.5, 0.6) is 0 Å². The summed E-state index contributed by atoms with van der Waals surface area (Å²) in [7, 11) is -3.20. The number of fused-ring (bicyclic) bond motifs is 2. The Balaban J connectivity index is 0.000000150. The third kappa shape index (κ3) is 25.2. The lowest BCUT2D eigenvalue weighted by molar-refractivity contribution is -0.171. The molecule has 16 heterocycles. The largest absolute Gasteiger partial charge is 0.391 e. The fraction of sp³-hybridized carbons (Fsp3) is 0.596. The Kier molecular flexibility index (Phi) is 33.9. The summed E-state index contributed by atoms with van der Waals surface area (Å²) in [5, 5.41) is 38.7. The van der Waals surface area contributed by atoms with E-state index < -0.39 is 64.0 Å². The number of rotatable bonds is 25. The van der Waals surface area contributed by atoms with E-state index in [-0.39, 0.29) is 166 Å². The second kappa shape index (κ2) is 44.9. The number of aryl methyl sites for hydroxylation is 2. The van der Waals surface area contributed by atoms with Gasteiger partial charge in [-0.15, -0.1) is 45.3 Å². The predicted molar refractivity (Wildman–Crippen MR) is 539 cm³/mol. The number of halogens is 4. The first-order chi connectivity index (χ1) is 66.7. The van der Waals surface area contributed by atoms with Crippen molar-refractivity contribution in [2.75, 3.05) is 79.9 Å². The van der Waals surface area contributed by atoms with Gasteiger partial charge >= 0.3 is 0 Å². The number of piperidine rings is 1. The number of thiazole rings is 4. The van der Waals surface area contributed by atoms with E-state index in [1.807, 2.05) is 103 Å². The molecule has 0 spiro atoms. The van der Waals surface area contributed by atoms with Gasteiger partial charge < -0.3 is 76.3 Å². The standard InChI is InChI=1S/2C25H33F2N5O3S.C25H33N5O3S.C24H33N5O4S2/c2*1-13-7-6-10-32(13)24(35)19-20(36-23(30-19)22(34)29-16-8-5-9-17(16)33)15-12-28-18(31-25(2,3)4)11-14(15)21(26)27;1-5-15(3)27-20-9-14(2)19(11-26-20)22-21(24(31)30-8-6-7-16(30)4)28-23(34-22)25(32)29-12-17-10-18(13-29)33-17;1-6-15(3)26-19-10-14(2)18(11-25-19)21-20(23(30)29-9-7-8-16(29)4)27-22(34-21)24(31)28-12-17(13-28)35(5,32)33/h2*11-13,16-17,21,33H,5-10H2,1-4H3,(H,28,31)(H,29,34);9,11,15-18H,5-8,10,12-13H2,1-4H3,(H,26,27);10-11,15-17H,6-9,12-13H2,1-5H3,(H,25,26)/t13-,16+,17+;13-,16-,17-;15-,16+,17?,18?;15-,16+/m0011/s1. The number of carbonyl (C=O) groups excluding carboxylic acids is 8. The molecule has 8 saturated heterocycles. The SMILES string of the molecule is CC[C@@H](C)Nc1cc(C)c(-c2sc(C(=O)N3CC(S(C)(=O)=O)C3)nc2C(=O)N2CCC[C@@H]2C)cn1.CC[C@@H](C)Nc1cc(C)c(-c2sc(C(=O)N3CC4CC(C3)O4)nc2C(=O)N2CCC[C@@H]2C)cn1.C[C@H]1CCCN1C(=O)c1nc(C(=O)N[C@@H]2CCC[C@H]2O)sc1-c1cnc(NC(C)(C)C)cc1C(F)F.C[C@H]1CCCN1C(=O)c1nc(C(=O)N[C@H]2CCC[C@@H]2O)sc1-c1cnc(NC(C)(C)C)cc1C(F)F. The molecule has 2 aliphatic carbocycles. The molecule has 2 unspecified atom stereocenters. The minimum atomic E-state index is -3.20. The third-order valence-electron chi connectivity index (χ3n) is 27.3. The number of aromatic nitrogens is 8. The lowest BCUT2D eigenvalue weighted by Gasteiger charge is -2.46. The van der Waals surface area contributed by atoms with Crippen molar-refractivity contribution < 1.29 is 79.3 Å². The van der Waals surface area contributed by atoms with Crippen molar-refractivity contribution in [2.24, 2.45) is 0 Å². The fourth-order valence-corrected chi connectivity index (χ4v) is 23.9. The average molecular weight is 2050 g/mol. The van der Waals surface area contributed by atoms with Crippen LogP contribution in [-0.4, -0.2) is 283 Å². The van der Waals surface area contributed by atoms with Gasteiger partial charge in [0.25, 0.3) is 60.1 Å². The van der Waals surface area contributed by atoms with Gasteiger partial charge in [-0.1, -0.05) is 13.8 Å². The van der Waals surface area contributed by atoms with E-state index in [2.05, 4.69) is 106 Å². The number of sulfone groups is 1. The van der Waals surface area contributed by atoms with Crippen LogP contribution in [-0.2, 0) is 14.6 Å². The maximum Gasteiger partial charge on any atom is 0.283 e. The molecule has 42 heteroatoms. The van der Waals surface area contributed by atoms with E-state index in [0.717, 1.165) is 151 Å². The average Bonchev–Trinajstić information content (AvgIpc) is 1.64. The van der Waals surface area contributed by atoms with E-state index in [1.165, 1.54) is 58.4 Å². The van der Waals surface area contributed by atoms with E-state index in [1.54, 1.807) is 22.2 Å². The summed E-state index contributed by atoms with van der Waals surface area (Å²) in [4.78, 5) is 154. The summed E-state index contributed by atoms with van der Waals surface area (Å²) in [6.07, 6.45) is 15.0. The summed E-state index contributed by atoms with van der Waals surface area (Å²) < 4.78 is 86.1. The second-order valence-corrected chi connectivity index (χ2v) is 47.1. The highest BCUT2D eigenvalue weighted by Gasteiger charge is 2.45. The molecule has 2 bridgehead atoms. The number of hydrogen-bond acceptors (Lipinski definition) is 29. The van der Waals surface area contributed by atoms with Crippen LogP contribution in [0, 0.1) is 13.8 Å². The van der Waals surface area contributed by atoms with E-state index in [9.17, 15) is 74.5 Å². The van der Waals surface area contributed by atoms with Crippen LogP contribution in [0.1, 0.15) is 322 Å². The van der Waals surface area contributed by atoms with E-state index in [0.29, 0.717) is 91.7 Å². The molecule has 8 aromatic rings. The molecular formula is C99H132F4N20O13S5. The number of morpholine rings is 1. The summed E-state index contributed by atoms with van der Waals surface area (Å²) in [6, 6.07) is 6.59. The minimum Gasteiger partial charge on any atom is -0.391 e. The highest BCUT2D eigenvalue weighted by molar-refractivity contribution is 7.91. The molecule has 8 amide bonds. The molecule has 2 saturated carbocycles. The van der Waals surface area contributed by atoms with E-state index >= 15 is 0 Å². The molecule has 764 valence electrons. The van der Waals surface area contributed by atoms with Gasteiger partial charge in [0.1, 0.15) is 46.0 Å². The highest BCUT2D eigenvalue weighted by Crippen LogP contribution is 2.45. The van der Waals surface area contributed by atoms with Crippen molar-refractivity contribution in [3.05, 3.63) is 114 Å². The number of alkyl halides is 4. The number of carbonyl (C=O) groups is 8. The van der Waals surface area contributed by atoms with Crippen molar-refractivity contribution in [3.63, 3.8) is 0 Å². The Morgan fingerprint density at radius 3 is 1.04 bits per heavy atom. The van der Waals surface area contributed by atoms with Gasteiger partial charge in [-0.2, -0.15) is 0 Å². The predicted octanol–water partition coefficient (Wildman–Crippen LogP) is 16.4. The lowest BCUT2D eigenvalue weighted by atomic mass is 9.99. The monoisotopic (exact) mass is 2040 g/mol. The van der Waals surface area contributed by atoms with Gasteiger partial charge in [0.15, 0.2) is 29.9 Å². The van der Waals surface area contributed by atoms with Gasteiger partial charge in [0.05, 0.1) is 61.3 Å². The Bertz CT molecular complexity index is 5850. The van der Waals surface area contributed by atoms with Crippen LogP contribution < -0.4 is 31.9 Å². The maximum absolute atomic E-state index is 14.2. The minimum absolute atomic E-state index is 0.00332. The summed E-state index contributed by atoms with van der Waals surface area (Å²) >= 11 is 4.28. The number of amides is 8. The zero-order valence-electron chi connectivity index (χ0n) is 83.2. The van der Waals surface area contributed by atoms with Crippen molar-refractivity contribution in [2.45, 2.75) is 322 Å². The lowest BCUT2D eigenvalue weighted by Crippen LogP contribution is -2.58. The van der Waals surface area contributed by atoms with Crippen LogP contribution in [0.4, 0.5) is 40.8 Å². The number of nitrogens with zero attached hydrogens (tertiary/aromatic N) is 14. The van der Waals surface area contributed by atoms with Crippen LogP contribution in [0.15, 0.2) is 49.1 Å². The van der Waals surface area contributed by atoms with Crippen LogP contribution in [0.25, 0.3) is 41.8 Å². The molecule has 0 aromatic carbocycles. The molecule has 12 atom stereocenters. The van der Waals surface area contributed by atoms with Crippen molar-refractivity contribution >= 4 is 126 Å². The molecule has 33 nitrogen and oxygen atoms in total. The topological polar surface area (TPSA) is 415 Å². The number of anilines is 4. The molecule has 10 fully saturated rings. The molecule has 0 radical (unpaired) electrons. The first kappa shape index (κ1) is 106. The number of nitrogens with one attached hydrogen (secondary N) is 6. The fourth-order valence-electron chi connectivity index (χ4n) is 18.8. The Morgan fingerprint density at radius 2 is 0.752 bits per heavy atom. The van der Waals surface area contributed by atoms with Crippen molar-refractivity contribution in [1.29, 1.82) is 0 Å². The number of aliphatic hydroxyl groups excluding tert-OH is 2. The quantitative estimate of drug-likeness (QED) is 0.0246. The van der Waals surface area contributed by atoms with Crippen molar-refractivity contribution in [3.8, 4) is 41.8 Å². The highest BCUT2D eigenvalue weighted by atomic mass is 32.2. The first-order valence-electron chi connectivity index (χ1n) is 49.0. The van der Waals surface area contributed by atoms with Gasteiger partial charge in [0, 0.05) is 171 Å². The van der Waals surface area contributed by atoms with E-state index in [4.69, 9.17) is 4.74 Å². The third-order valence-corrected chi connectivity index (χ3v) is 33.1. The summed E-state index contributed by atoms with van der Waals surface area (Å²) in [5.74, 6) is -0.409. The molecule has 8 aromatic heterocycles. The van der Waals surface area contributed by atoms with Gasteiger partial charge in [-0.25, -0.2) is 65.9 Å². The number of aliphatic hydroxyl groups is 2. The number of ether oxygens (including phenoxy) is 1. The van der Waals surface area contributed by atoms with Crippen LogP contribution in [0.2, 0.25) is 0 Å². The summed E-state index contributed by atoms with van der Waals surface area (Å²) in [5.41, 5.74) is 2.94. The zero-order valence-corrected chi connectivity index (χ0v) is 87.2. The first-order valence-corrected chi connectivity index (χ1v) is 54.2. The Morgan fingerprint density at radius 1 is 0.447 bits per heavy atom. The molecule has 18 rings (SSSR count). The maximum atomic E-state index is 14.2. The number of hydrogen-bond donors (Lipinski definition) is 8. The smallest absolute Gasteiger partial charge is 0.283 e. The zero-order chi connectivity index (χ0) is 102. The molecule has 10 aliphatic rings. The normalized spacial score (nSPS) is 22.2. The molecule has 8 aliphatic heterocycles. The van der Waals surface area contributed by atoms with Gasteiger partial charge in [0.2, 0.25) is 0 Å². The second-order valence-electron chi connectivity index (χ2n) is 40.7. The molecule has 8 N–H and O–H groups in total. The van der Waals surface area contributed by atoms with Gasteiger partial charge in [-0.3, -0.25) is 38.4 Å². The number of likely N-dealkylation sites (tertiary alicyclic amines) is 5. The summed E-state index contributed by atoms with van der Waals surface area (Å²) in [6.45, 7) is 35.7.